The summed E-state index contributed by atoms with van der Waals surface area (Å²) in [6.45, 7) is 1.45. The summed E-state index contributed by atoms with van der Waals surface area (Å²) >= 11 is 1.36. The fourth-order valence-corrected chi connectivity index (χ4v) is 3.53. The minimum Gasteiger partial charge on any atom is -0.497 e. The Morgan fingerprint density at radius 2 is 1.44 bits per heavy atom. The van der Waals surface area contributed by atoms with Crippen LogP contribution in [-0.4, -0.2) is 30.6 Å². The van der Waals surface area contributed by atoms with Gasteiger partial charge >= 0.3 is 0 Å². The molecule has 8 heteroatoms. The van der Waals surface area contributed by atoms with E-state index in [1.165, 1.54) is 18.7 Å². The Balaban J connectivity index is 1.59. The number of hydrogen-bond acceptors (Lipinski definition) is 5. The highest BCUT2D eigenvalue weighted by Crippen LogP contribution is 2.22. The molecule has 0 bridgehead atoms. The molecule has 0 saturated carbocycles. The molecule has 164 valence electrons. The topological polar surface area (TPSA) is 96.5 Å². The normalized spacial score (nSPS) is 10.2. The molecule has 3 aromatic rings. The van der Waals surface area contributed by atoms with Gasteiger partial charge in [-0.2, -0.15) is 0 Å². The van der Waals surface area contributed by atoms with E-state index in [2.05, 4.69) is 16.0 Å². The molecule has 0 aliphatic heterocycles. The molecule has 0 fully saturated rings. The zero-order valence-electron chi connectivity index (χ0n) is 17.7. The Kier molecular flexibility index (Phi) is 7.88. The van der Waals surface area contributed by atoms with Gasteiger partial charge in [-0.05, 0) is 60.7 Å². The van der Waals surface area contributed by atoms with E-state index >= 15 is 0 Å². The standard InChI is InChI=1S/C24H23N3O4S/c1-16(28)25-17-9-13-20(14-10-17)32-15-23(29)27-22-6-4-3-5-21(22)24(30)26-18-7-11-19(31-2)12-8-18/h3-14H,15H2,1-2H3,(H,25,28)(H,26,30)(H,27,29). The predicted molar refractivity (Wildman–Crippen MR) is 127 cm³/mol. The number of ether oxygens (including phenoxy) is 1. The molecule has 0 spiro atoms. The van der Waals surface area contributed by atoms with Crippen LogP contribution in [0.5, 0.6) is 5.75 Å². The molecule has 32 heavy (non-hydrogen) atoms. The predicted octanol–water partition coefficient (Wildman–Crippen LogP) is 4.64. The molecule has 0 saturated heterocycles. The monoisotopic (exact) mass is 449 g/mol. The molecule has 3 aromatic carbocycles. The van der Waals surface area contributed by atoms with Gasteiger partial charge in [-0.1, -0.05) is 12.1 Å². The number of nitrogens with one attached hydrogen (secondary N) is 3. The van der Waals surface area contributed by atoms with Crippen molar-refractivity contribution in [3.05, 3.63) is 78.4 Å². The first kappa shape index (κ1) is 22.9. The maximum atomic E-state index is 12.7. The summed E-state index contributed by atoms with van der Waals surface area (Å²) in [6, 6.07) is 21.1. The molecule has 3 rings (SSSR count). The third-order valence-corrected chi connectivity index (χ3v) is 5.35. The van der Waals surface area contributed by atoms with Gasteiger partial charge in [0.25, 0.3) is 5.91 Å². The van der Waals surface area contributed by atoms with Gasteiger partial charge in [0.15, 0.2) is 0 Å². The van der Waals surface area contributed by atoms with Crippen molar-refractivity contribution in [1.29, 1.82) is 0 Å². The number of thioether (sulfide) groups is 1. The summed E-state index contributed by atoms with van der Waals surface area (Å²) in [5.41, 5.74) is 2.12. The summed E-state index contributed by atoms with van der Waals surface area (Å²) < 4.78 is 5.12. The summed E-state index contributed by atoms with van der Waals surface area (Å²) in [5.74, 6) is 0.170. The van der Waals surface area contributed by atoms with Crippen molar-refractivity contribution in [2.45, 2.75) is 11.8 Å². The van der Waals surface area contributed by atoms with Gasteiger partial charge < -0.3 is 20.7 Å². The molecule has 0 heterocycles. The van der Waals surface area contributed by atoms with Crippen molar-refractivity contribution in [3.63, 3.8) is 0 Å². The van der Waals surface area contributed by atoms with Gasteiger partial charge in [0.1, 0.15) is 5.75 Å². The largest absolute Gasteiger partial charge is 0.497 e. The maximum Gasteiger partial charge on any atom is 0.257 e. The first-order valence-electron chi connectivity index (χ1n) is 9.79. The first-order valence-corrected chi connectivity index (χ1v) is 10.8. The highest BCUT2D eigenvalue weighted by molar-refractivity contribution is 8.00. The first-order chi connectivity index (χ1) is 15.4. The molecular weight excluding hydrogens is 426 g/mol. The summed E-state index contributed by atoms with van der Waals surface area (Å²) in [6.07, 6.45) is 0. The molecule has 0 aliphatic rings. The molecule has 0 aromatic heterocycles. The van der Waals surface area contributed by atoms with E-state index in [0.717, 1.165) is 4.90 Å². The summed E-state index contributed by atoms with van der Waals surface area (Å²) in [7, 11) is 1.58. The van der Waals surface area contributed by atoms with Crippen molar-refractivity contribution in [2.24, 2.45) is 0 Å². The zero-order valence-corrected chi connectivity index (χ0v) is 18.5. The van der Waals surface area contributed by atoms with E-state index < -0.39 is 0 Å². The van der Waals surface area contributed by atoms with Crippen LogP contribution in [0.25, 0.3) is 0 Å². The third-order valence-electron chi connectivity index (χ3n) is 4.34. The van der Waals surface area contributed by atoms with E-state index in [9.17, 15) is 14.4 Å². The summed E-state index contributed by atoms with van der Waals surface area (Å²) in [4.78, 5) is 37.2. The highest BCUT2D eigenvalue weighted by atomic mass is 32.2. The number of benzene rings is 3. The lowest BCUT2D eigenvalue weighted by atomic mass is 10.1. The Morgan fingerprint density at radius 3 is 2.09 bits per heavy atom. The number of carbonyl (C=O) groups is 3. The second-order valence-corrected chi connectivity index (χ2v) is 7.82. The lowest BCUT2D eigenvalue weighted by Gasteiger charge is -2.12. The number of anilines is 3. The average Bonchev–Trinajstić information content (AvgIpc) is 2.79. The van der Waals surface area contributed by atoms with Gasteiger partial charge in [-0.3, -0.25) is 14.4 Å². The Hall–Kier alpha value is -3.78. The fraction of sp³-hybridized carbons (Fsp3) is 0.125. The molecule has 3 N–H and O–H groups in total. The fourth-order valence-electron chi connectivity index (χ4n) is 2.84. The SMILES string of the molecule is COc1ccc(NC(=O)c2ccccc2NC(=O)CSc2ccc(NC(C)=O)cc2)cc1. The molecule has 0 radical (unpaired) electrons. The minimum atomic E-state index is -0.327. The Bertz CT molecular complexity index is 1100. The van der Waals surface area contributed by atoms with Crippen LogP contribution in [0.4, 0.5) is 17.1 Å². The zero-order chi connectivity index (χ0) is 22.9. The van der Waals surface area contributed by atoms with Crippen LogP contribution >= 0.6 is 11.8 Å². The lowest BCUT2D eigenvalue weighted by Crippen LogP contribution is -2.19. The highest BCUT2D eigenvalue weighted by Gasteiger charge is 2.14. The molecule has 0 atom stereocenters. The molecule has 7 nitrogen and oxygen atoms in total. The number of carbonyl (C=O) groups excluding carboxylic acids is 3. The third kappa shape index (κ3) is 6.61. The van der Waals surface area contributed by atoms with E-state index in [0.29, 0.717) is 28.4 Å². The second-order valence-electron chi connectivity index (χ2n) is 6.77. The van der Waals surface area contributed by atoms with Crippen molar-refractivity contribution in [1.82, 2.24) is 0 Å². The number of methoxy groups -OCH3 is 1. The second kappa shape index (κ2) is 11.0. The van der Waals surface area contributed by atoms with Crippen LogP contribution in [0.15, 0.2) is 77.7 Å². The van der Waals surface area contributed by atoms with Crippen LogP contribution in [0.2, 0.25) is 0 Å². The van der Waals surface area contributed by atoms with Gasteiger partial charge in [-0.25, -0.2) is 0 Å². The average molecular weight is 450 g/mol. The Morgan fingerprint density at radius 1 is 0.812 bits per heavy atom. The van der Waals surface area contributed by atoms with Crippen LogP contribution in [0.1, 0.15) is 17.3 Å². The van der Waals surface area contributed by atoms with Crippen molar-refractivity contribution in [3.8, 4) is 5.75 Å². The number of hydrogen-bond donors (Lipinski definition) is 3. The Labute approximate surface area is 190 Å². The van der Waals surface area contributed by atoms with Gasteiger partial charge in [0.2, 0.25) is 11.8 Å². The summed E-state index contributed by atoms with van der Waals surface area (Å²) in [5, 5.41) is 8.32. The van der Waals surface area contributed by atoms with Crippen LogP contribution in [0.3, 0.4) is 0 Å². The smallest absolute Gasteiger partial charge is 0.257 e. The lowest BCUT2D eigenvalue weighted by molar-refractivity contribution is -0.114. The van der Waals surface area contributed by atoms with Crippen molar-refractivity contribution >= 4 is 46.5 Å². The van der Waals surface area contributed by atoms with Gasteiger partial charge in [0.05, 0.1) is 24.1 Å². The molecular formula is C24H23N3O4S. The number of para-hydroxylation sites is 1. The van der Waals surface area contributed by atoms with Crippen molar-refractivity contribution < 1.29 is 19.1 Å². The molecule has 0 unspecified atom stereocenters. The quantitative estimate of drug-likeness (QED) is 0.436. The van der Waals surface area contributed by atoms with Crippen LogP contribution in [-0.2, 0) is 9.59 Å². The van der Waals surface area contributed by atoms with E-state index in [4.69, 9.17) is 4.74 Å². The van der Waals surface area contributed by atoms with E-state index in [-0.39, 0.29) is 23.5 Å². The van der Waals surface area contributed by atoms with Crippen LogP contribution in [0, 0.1) is 0 Å². The van der Waals surface area contributed by atoms with Gasteiger partial charge in [0, 0.05) is 23.2 Å². The van der Waals surface area contributed by atoms with Gasteiger partial charge in [-0.15, -0.1) is 11.8 Å². The molecule has 0 aliphatic carbocycles. The van der Waals surface area contributed by atoms with E-state index in [1.54, 1.807) is 67.8 Å². The minimum absolute atomic E-state index is 0.139. The molecule has 3 amide bonds. The van der Waals surface area contributed by atoms with Crippen molar-refractivity contribution in [2.75, 3.05) is 28.8 Å². The van der Waals surface area contributed by atoms with E-state index in [1.807, 2.05) is 12.1 Å². The maximum absolute atomic E-state index is 12.7. The van der Waals surface area contributed by atoms with Crippen LogP contribution < -0.4 is 20.7 Å². The number of amides is 3. The number of rotatable bonds is 8.